The topological polar surface area (TPSA) is 197 Å². The SMILES string of the molecule is [2H]C1C([2H])C2([2H])[C@H](C(=O)O)[C@@H](Nc3nc(-c4c[nH]c5ncc(F)cc45)ncc3F)C1([2H])C([2H])([2H])C2([2H])[2H].[2H]C1C([2H])C2([2H])[C@H](C(=O)OCC)[C@@H](Nc3nc(-c4c[nH]c5ncc(F)cc45)ncc3F)C1([2H])C([2H])([2H])C2([2H])[2H]. The van der Waals surface area contributed by atoms with E-state index in [1.165, 1.54) is 19.3 Å². The molecule has 0 amide bonds. The van der Waals surface area contributed by atoms with Gasteiger partial charge in [0.05, 0.1) is 43.2 Å². The molecule has 0 aliphatic heterocycles. The van der Waals surface area contributed by atoms with Crippen molar-refractivity contribution in [2.24, 2.45) is 35.4 Å². The maximum atomic E-state index is 15.1. The van der Waals surface area contributed by atoms with Gasteiger partial charge in [0.1, 0.15) is 22.9 Å². The number of carbonyl (C=O) groups is 2. The molecular formula is C42H42F4N10O4. The number of aromatic nitrogens is 8. The monoisotopic (exact) mass is 842 g/mol. The van der Waals surface area contributed by atoms with Crippen LogP contribution in [0.1, 0.15) is 79.9 Å². The highest BCUT2D eigenvalue weighted by Gasteiger charge is 2.49. The summed E-state index contributed by atoms with van der Waals surface area (Å²) in [7, 11) is 0. The zero-order valence-corrected chi connectivity index (χ0v) is 30.8. The number of halogens is 4. The number of anilines is 2. The fourth-order valence-corrected chi connectivity index (χ4v) is 7.17. The second-order valence-electron chi connectivity index (χ2n) is 13.6. The van der Waals surface area contributed by atoms with Crippen LogP contribution in [-0.4, -0.2) is 75.6 Å². The summed E-state index contributed by atoms with van der Waals surface area (Å²) in [6.07, 6.45) is -15.1. The average Bonchev–Trinajstić information content (AvgIpc) is 3.97. The number of H-pyrrole nitrogens is 2. The number of aromatic amines is 2. The van der Waals surface area contributed by atoms with Gasteiger partial charge in [-0.2, -0.15) is 0 Å². The van der Waals surface area contributed by atoms with Gasteiger partial charge in [-0.25, -0.2) is 47.5 Å². The molecule has 312 valence electrons. The van der Waals surface area contributed by atoms with Gasteiger partial charge < -0.3 is 30.4 Å². The van der Waals surface area contributed by atoms with Gasteiger partial charge in [-0.3, -0.25) is 9.59 Å². The molecule has 14 nitrogen and oxygen atoms in total. The van der Waals surface area contributed by atoms with Crippen LogP contribution < -0.4 is 10.6 Å². The molecule has 0 aromatic carbocycles. The van der Waals surface area contributed by atoms with E-state index >= 15 is 4.39 Å². The lowest BCUT2D eigenvalue weighted by molar-refractivity contribution is -0.154. The Hall–Kier alpha value is -6.20. The number of carbonyl (C=O) groups excluding carboxylic acids is 1. The number of carboxylic acid groups (broad SMARTS) is 1. The van der Waals surface area contributed by atoms with Gasteiger partial charge in [0.15, 0.2) is 34.9 Å². The minimum atomic E-state index is -3.32. The van der Waals surface area contributed by atoms with Crippen molar-refractivity contribution >= 4 is 45.6 Å². The Labute approximate surface area is 362 Å². The highest BCUT2D eigenvalue weighted by Crippen LogP contribution is 2.48. The normalized spacial score (nSPS) is 42.5. The van der Waals surface area contributed by atoms with Crippen LogP contribution in [-0.2, 0) is 14.3 Å². The molecule has 0 spiro atoms. The van der Waals surface area contributed by atoms with Crippen molar-refractivity contribution in [2.45, 2.75) is 70.1 Å². The van der Waals surface area contributed by atoms with E-state index in [9.17, 15) is 27.9 Å². The quantitative estimate of drug-likeness (QED) is 0.0705. The number of fused-ring (bicyclic) bond motifs is 8. The van der Waals surface area contributed by atoms with E-state index in [2.05, 4.69) is 50.5 Å². The van der Waals surface area contributed by atoms with Gasteiger partial charge in [-0.15, -0.1) is 0 Å². The summed E-state index contributed by atoms with van der Waals surface area (Å²) in [5, 5.41) is 15.3. The molecular weight excluding hydrogens is 785 g/mol. The average molecular weight is 843 g/mol. The van der Waals surface area contributed by atoms with E-state index in [1.54, 1.807) is 0 Å². The lowest BCUT2D eigenvalue weighted by Crippen LogP contribution is -2.52. The molecule has 6 heterocycles. The van der Waals surface area contributed by atoms with Crippen LogP contribution in [0.4, 0.5) is 29.2 Å². The molecule has 6 saturated carbocycles. The molecule has 6 fully saturated rings. The van der Waals surface area contributed by atoms with Gasteiger partial charge >= 0.3 is 11.9 Å². The number of esters is 1. The van der Waals surface area contributed by atoms with Crippen LogP contribution in [0.3, 0.4) is 0 Å². The van der Waals surface area contributed by atoms with E-state index in [0.717, 1.165) is 30.7 Å². The molecule has 6 aromatic heterocycles. The summed E-state index contributed by atoms with van der Waals surface area (Å²) in [6, 6.07) is -1.66. The minimum Gasteiger partial charge on any atom is -0.481 e. The number of ether oxygens (including phenoxy) is 1. The first-order chi connectivity index (χ1) is 35.2. The Kier molecular flexibility index (Phi) is 6.65. The summed E-state index contributed by atoms with van der Waals surface area (Å²) < 4.78 is 199. The summed E-state index contributed by atoms with van der Waals surface area (Å²) in [6.45, 7) is 1.24. The van der Waals surface area contributed by atoms with Crippen molar-refractivity contribution in [2.75, 3.05) is 17.2 Å². The van der Waals surface area contributed by atoms with Gasteiger partial charge in [0.25, 0.3) is 0 Å². The Balaban J connectivity index is 0.000000186. The first kappa shape index (κ1) is 24.8. The van der Waals surface area contributed by atoms with Crippen LogP contribution in [0.2, 0.25) is 0 Å². The zero-order chi connectivity index (χ0) is 56.0. The molecule has 6 aromatic rings. The molecule has 0 radical (unpaired) electrons. The van der Waals surface area contributed by atoms with Crippen molar-refractivity contribution < 1.29 is 58.9 Å². The van der Waals surface area contributed by atoms with Crippen LogP contribution in [0, 0.1) is 58.7 Å². The Morgan fingerprint density at radius 1 is 0.733 bits per heavy atom. The van der Waals surface area contributed by atoms with Crippen molar-refractivity contribution in [3.63, 3.8) is 0 Å². The first-order valence-corrected chi connectivity index (χ1v) is 18.2. The van der Waals surface area contributed by atoms with Crippen molar-refractivity contribution in [3.8, 4) is 22.8 Å². The van der Waals surface area contributed by atoms with E-state index in [-0.39, 0.29) is 51.4 Å². The smallest absolute Gasteiger partial charge is 0.311 e. The van der Waals surface area contributed by atoms with Crippen LogP contribution in [0.25, 0.3) is 44.8 Å². The van der Waals surface area contributed by atoms with Crippen LogP contribution in [0.5, 0.6) is 0 Å². The molecule has 18 heteroatoms. The molecule has 12 rings (SSSR count). The van der Waals surface area contributed by atoms with E-state index in [1.807, 2.05) is 0 Å². The fraction of sp³-hybridized carbons (Fsp3) is 0.429. The second-order valence-corrected chi connectivity index (χ2v) is 13.6. The standard InChI is InChI=1S/C22H23F2N5O2.C20H19F2N5O2/c1-2-31-22(30)17-11-3-5-12(6-4-11)18(17)28-21-16(24)10-27-20(29-21)15-9-26-19-14(15)7-13(23)8-25-19;21-11-5-12-13(7-24-17(12)23-6-11)18-25-8-14(22)19(27-18)26-16-10-3-1-9(2-4-10)15(16)20(28)29/h7-12,17-18H,2-6H2,1H3,(H,25,26)(H,27,28,29);5-10,15-16H,1-4H2,(H,23,24)(H,28,29)(H,25,26,27)/t11?,12?,17-,18-;9?,10?,15-,16-/m00/s1/i3D,4D2,5D,6D2,11D,12D;1D,2D2,3D,4D2,9D,10D/t3?,5?,11?,12?,17-,18-;1?,3?,9?,10?,15-,16-. The highest BCUT2D eigenvalue weighted by atomic mass is 19.1. The first-order valence-electron chi connectivity index (χ1n) is 26.5. The summed E-state index contributed by atoms with van der Waals surface area (Å²) >= 11 is 0. The third-order valence-corrected chi connectivity index (χ3v) is 9.95. The molecule has 5 N–H and O–H groups in total. The number of aliphatic carboxylic acids is 1. The lowest BCUT2D eigenvalue weighted by Gasteiger charge is -2.47. The number of pyridine rings is 2. The van der Waals surface area contributed by atoms with E-state index < -0.39 is 145 Å². The number of hydrogen-bond donors (Lipinski definition) is 5. The molecule has 0 saturated heterocycles. The Morgan fingerprint density at radius 2 is 1.18 bits per heavy atom. The fourth-order valence-electron chi connectivity index (χ4n) is 7.17. The summed E-state index contributed by atoms with van der Waals surface area (Å²) in [4.78, 5) is 54.7. The number of carboxylic acids is 1. The van der Waals surface area contributed by atoms with Gasteiger partial charge in [0, 0.05) is 68.3 Å². The predicted molar refractivity (Wildman–Crippen MR) is 211 cm³/mol. The zero-order valence-electron chi connectivity index (χ0n) is 46.8. The maximum Gasteiger partial charge on any atom is 0.311 e. The Bertz CT molecular complexity index is 3350. The highest BCUT2D eigenvalue weighted by molar-refractivity contribution is 5.92. The Morgan fingerprint density at radius 3 is 1.67 bits per heavy atom. The number of rotatable bonds is 9. The van der Waals surface area contributed by atoms with Gasteiger partial charge in [-0.1, -0.05) is 0 Å². The predicted octanol–water partition coefficient (Wildman–Crippen LogP) is 7.68. The van der Waals surface area contributed by atoms with Crippen molar-refractivity contribution in [1.82, 2.24) is 39.9 Å². The molecule has 12 atom stereocenters. The lowest BCUT2D eigenvalue weighted by atomic mass is 9.61. The van der Waals surface area contributed by atoms with E-state index in [4.69, 9.17) is 26.7 Å². The van der Waals surface area contributed by atoms with Crippen molar-refractivity contribution in [1.29, 1.82) is 0 Å². The third kappa shape index (κ3) is 7.36. The number of nitrogens with one attached hydrogen (secondary N) is 4. The summed E-state index contributed by atoms with van der Waals surface area (Å²) in [5.74, 6) is -24.1. The number of hydrogen-bond acceptors (Lipinski definition) is 11. The largest absolute Gasteiger partial charge is 0.481 e. The third-order valence-electron chi connectivity index (χ3n) is 9.95. The molecule has 60 heavy (non-hydrogen) atoms. The molecule has 8 unspecified atom stereocenters. The van der Waals surface area contributed by atoms with Gasteiger partial charge in [0.2, 0.25) is 0 Å². The van der Waals surface area contributed by atoms with Crippen LogP contribution in [0.15, 0.2) is 49.3 Å². The van der Waals surface area contributed by atoms with E-state index in [0.29, 0.717) is 6.20 Å². The van der Waals surface area contributed by atoms with Gasteiger partial charge in [-0.05, 0) is 93.7 Å². The molecule has 6 aliphatic rings. The number of nitrogens with zero attached hydrogens (tertiary/aromatic N) is 6. The van der Waals surface area contributed by atoms with Crippen molar-refractivity contribution in [3.05, 3.63) is 72.6 Å². The van der Waals surface area contributed by atoms with Crippen LogP contribution >= 0.6 is 0 Å². The molecule has 4 bridgehead atoms. The summed E-state index contributed by atoms with van der Waals surface area (Å²) in [5.41, 5.74) is 0.973. The minimum absolute atomic E-state index is 0.134. The molecule has 6 aliphatic carbocycles. The maximum absolute atomic E-state index is 15.1. The second kappa shape index (κ2) is 16.1.